The number of nitrogens with one attached hydrogen (secondary N) is 2. The number of terminal acetylenes is 2. The molecule has 10 heteroatoms. The van der Waals surface area contributed by atoms with Crippen LogP contribution in [0.25, 0.3) is 0 Å². The Morgan fingerprint density at radius 1 is 0.844 bits per heavy atom. The molecular formula is C22H26N6O4. The second-order valence-corrected chi connectivity index (χ2v) is 6.33. The number of carbonyl (C=O) groups excluding carboxylic acids is 1. The number of carboxylic acid groups (broad SMARTS) is 1. The van der Waals surface area contributed by atoms with Gasteiger partial charge in [0.1, 0.15) is 11.1 Å². The van der Waals surface area contributed by atoms with E-state index in [-0.39, 0.29) is 5.56 Å². The van der Waals surface area contributed by atoms with Crippen LogP contribution in [0.2, 0.25) is 0 Å². The third-order valence-corrected chi connectivity index (χ3v) is 3.93. The average Bonchev–Trinajstić information content (AvgIpc) is 2.70. The molecule has 168 valence electrons. The molecule has 0 aliphatic heterocycles. The molecule has 2 aromatic heterocycles. The van der Waals surface area contributed by atoms with E-state index in [4.69, 9.17) is 22.7 Å². The molecule has 2 aromatic rings. The average molecular weight is 438 g/mol. The van der Waals surface area contributed by atoms with Crippen molar-refractivity contribution in [2.24, 2.45) is 0 Å². The zero-order chi connectivity index (χ0) is 24.3. The molecule has 0 radical (unpaired) electrons. The van der Waals surface area contributed by atoms with Crippen molar-refractivity contribution in [2.45, 2.75) is 34.6 Å². The van der Waals surface area contributed by atoms with Crippen LogP contribution in [-0.2, 0) is 4.74 Å². The summed E-state index contributed by atoms with van der Waals surface area (Å²) < 4.78 is 4.94. The molecule has 0 amide bonds. The maximum absolute atomic E-state index is 11.7. The van der Waals surface area contributed by atoms with Crippen LogP contribution in [0.5, 0.6) is 0 Å². The van der Waals surface area contributed by atoms with Gasteiger partial charge < -0.3 is 20.5 Å². The Bertz CT molecular complexity index is 1020. The lowest BCUT2D eigenvalue weighted by molar-refractivity contribution is 0.0523. The minimum Gasteiger partial charge on any atom is -0.478 e. The van der Waals surface area contributed by atoms with Gasteiger partial charge in [0, 0.05) is 0 Å². The van der Waals surface area contributed by atoms with Crippen LogP contribution in [-0.4, -0.2) is 56.7 Å². The van der Waals surface area contributed by atoms with Gasteiger partial charge in [-0.2, -0.15) is 0 Å². The molecule has 10 nitrogen and oxygen atoms in total. The number of hydrogen-bond donors (Lipinski definition) is 3. The van der Waals surface area contributed by atoms with E-state index in [1.807, 2.05) is 0 Å². The molecule has 32 heavy (non-hydrogen) atoms. The van der Waals surface area contributed by atoms with Gasteiger partial charge in [0.25, 0.3) is 0 Å². The number of esters is 1. The number of ether oxygens (including phenoxy) is 1. The number of hydrogen-bond acceptors (Lipinski definition) is 9. The first-order valence-electron chi connectivity index (χ1n) is 9.61. The van der Waals surface area contributed by atoms with Gasteiger partial charge in [-0.25, -0.2) is 29.5 Å². The lowest BCUT2D eigenvalue weighted by Crippen LogP contribution is -2.14. The molecule has 0 bridgehead atoms. The summed E-state index contributed by atoms with van der Waals surface area (Å²) >= 11 is 0. The fourth-order valence-corrected chi connectivity index (χ4v) is 2.66. The number of aryl methyl sites for hydroxylation is 4. The first-order valence-corrected chi connectivity index (χ1v) is 9.61. The Balaban J connectivity index is 0.000000323. The fraction of sp³-hybridized carbons (Fsp3) is 0.364. The predicted octanol–water partition coefficient (Wildman–Crippen LogP) is 2.15. The van der Waals surface area contributed by atoms with E-state index in [1.165, 1.54) is 0 Å². The largest absolute Gasteiger partial charge is 0.478 e. The monoisotopic (exact) mass is 438 g/mol. The lowest BCUT2D eigenvalue weighted by Gasteiger charge is -2.09. The van der Waals surface area contributed by atoms with Gasteiger partial charge in [0.05, 0.1) is 42.5 Å². The maximum Gasteiger partial charge on any atom is 0.341 e. The van der Waals surface area contributed by atoms with Gasteiger partial charge >= 0.3 is 11.9 Å². The van der Waals surface area contributed by atoms with Gasteiger partial charge in [-0.15, -0.1) is 12.8 Å². The van der Waals surface area contributed by atoms with Crippen molar-refractivity contribution >= 4 is 23.8 Å². The molecule has 0 saturated heterocycles. The van der Waals surface area contributed by atoms with E-state index in [0.717, 1.165) is 0 Å². The van der Waals surface area contributed by atoms with E-state index in [0.29, 0.717) is 59.9 Å². The Kier molecular flexibility index (Phi) is 10.1. The van der Waals surface area contributed by atoms with Crippen molar-refractivity contribution in [1.82, 2.24) is 19.9 Å². The highest BCUT2D eigenvalue weighted by Gasteiger charge is 2.17. The van der Waals surface area contributed by atoms with Crippen LogP contribution in [0.4, 0.5) is 11.9 Å². The predicted molar refractivity (Wildman–Crippen MR) is 121 cm³/mol. The normalized spacial score (nSPS) is 9.47. The minimum absolute atomic E-state index is 0.140. The summed E-state index contributed by atoms with van der Waals surface area (Å²) in [6.07, 6.45) is 10.2. The van der Waals surface area contributed by atoms with E-state index in [1.54, 1.807) is 34.6 Å². The highest BCUT2D eigenvalue weighted by molar-refractivity contribution is 5.92. The molecule has 0 spiro atoms. The number of anilines is 2. The Hall–Kier alpha value is -4.18. The number of carboxylic acids is 1. The SMILES string of the molecule is C#CCNc1nc(C)c(C(=O)O)c(C)n1.C#CCNc1nc(C)c(C(=O)OCC)c(C)n1. The van der Waals surface area contributed by atoms with E-state index < -0.39 is 11.9 Å². The zero-order valence-corrected chi connectivity index (χ0v) is 18.7. The molecule has 0 aromatic carbocycles. The van der Waals surface area contributed by atoms with E-state index in [2.05, 4.69) is 42.4 Å². The molecule has 0 aliphatic carbocycles. The third kappa shape index (κ3) is 7.26. The number of aromatic carboxylic acids is 1. The van der Waals surface area contributed by atoms with Crippen LogP contribution >= 0.6 is 0 Å². The molecule has 0 fully saturated rings. The molecular weight excluding hydrogens is 412 g/mol. The summed E-state index contributed by atoms with van der Waals surface area (Å²) in [4.78, 5) is 38.8. The van der Waals surface area contributed by atoms with Crippen molar-refractivity contribution in [2.75, 3.05) is 30.3 Å². The molecule has 3 N–H and O–H groups in total. The Morgan fingerprint density at radius 2 is 1.22 bits per heavy atom. The van der Waals surface area contributed by atoms with Gasteiger partial charge in [-0.3, -0.25) is 0 Å². The second kappa shape index (κ2) is 12.5. The summed E-state index contributed by atoms with van der Waals surface area (Å²) in [5.74, 6) is 4.17. The minimum atomic E-state index is -1.02. The van der Waals surface area contributed by atoms with Crippen molar-refractivity contribution in [1.29, 1.82) is 0 Å². The van der Waals surface area contributed by atoms with E-state index in [9.17, 15) is 9.59 Å². The van der Waals surface area contributed by atoms with Crippen molar-refractivity contribution in [3.8, 4) is 24.7 Å². The number of aromatic nitrogens is 4. The summed E-state index contributed by atoms with van der Waals surface area (Å²) in [5.41, 5.74) is 2.56. The molecule has 0 atom stereocenters. The number of carbonyl (C=O) groups is 2. The first-order chi connectivity index (χ1) is 15.2. The summed E-state index contributed by atoms with van der Waals surface area (Å²) in [5, 5.41) is 14.5. The van der Waals surface area contributed by atoms with Crippen LogP contribution in [0.3, 0.4) is 0 Å². The quantitative estimate of drug-likeness (QED) is 0.435. The fourth-order valence-electron chi connectivity index (χ4n) is 2.66. The zero-order valence-electron chi connectivity index (χ0n) is 18.7. The number of rotatable bonds is 7. The van der Waals surface area contributed by atoms with Crippen molar-refractivity contribution in [3.63, 3.8) is 0 Å². The smallest absolute Gasteiger partial charge is 0.341 e. The van der Waals surface area contributed by atoms with Crippen molar-refractivity contribution < 1.29 is 19.4 Å². The van der Waals surface area contributed by atoms with Gasteiger partial charge in [0.2, 0.25) is 11.9 Å². The first kappa shape index (κ1) is 25.9. The van der Waals surface area contributed by atoms with Crippen LogP contribution in [0, 0.1) is 52.4 Å². The Labute approximate surface area is 187 Å². The standard InChI is InChI=1S/C12H15N3O2.C10H11N3O2/c1-5-7-13-12-14-8(3)10(9(4)15-12)11(16)17-6-2;1-4-5-11-10-12-6(2)8(9(14)15)7(3)13-10/h1H,6-7H2,2-4H3,(H,13,14,15);1H,5H2,2-3H3,(H,14,15)(H,11,12,13). The lowest BCUT2D eigenvalue weighted by atomic mass is 10.2. The van der Waals surface area contributed by atoms with Crippen LogP contribution < -0.4 is 10.6 Å². The summed E-state index contributed by atoms with van der Waals surface area (Å²) in [6.45, 7) is 9.46. The molecule has 2 heterocycles. The molecule has 0 unspecified atom stereocenters. The van der Waals surface area contributed by atoms with E-state index >= 15 is 0 Å². The highest BCUT2D eigenvalue weighted by atomic mass is 16.5. The number of nitrogens with zero attached hydrogens (tertiary/aromatic N) is 4. The van der Waals surface area contributed by atoms with Gasteiger partial charge in [-0.05, 0) is 34.6 Å². The Morgan fingerprint density at radius 3 is 1.53 bits per heavy atom. The maximum atomic E-state index is 11.7. The van der Waals surface area contributed by atoms with Crippen LogP contribution in [0.1, 0.15) is 50.4 Å². The summed E-state index contributed by atoms with van der Waals surface area (Å²) in [6, 6.07) is 0. The highest BCUT2D eigenvalue weighted by Crippen LogP contribution is 2.14. The third-order valence-electron chi connectivity index (χ3n) is 3.93. The topological polar surface area (TPSA) is 139 Å². The van der Waals surface area contributed by atoms with Crippen molar-refractivity contribution in [3.05, 3.63) is 33.9 Å². The molecule has 0 saturated carbocycles. The molecule has 0 aliphatic rings. The van der Waals surface area contributed by atoms with Crippen LogP contribution in [0.15, 0.2) is 0 Å². The molecule has 2 rings (SSSR count). The van der Waals surface area contributed by atoms with Gasteiger partial charge in [0.15, 0.2) is 0 Å². The summed E-state index contributed by atoms with van der Waals surface area (Å²) in [7, 11) is 0. The van der Waals surface area contributed by atoms with Gasteiger partial charge in [-0.1, -0.05) is 11.8 Å². The second-order valence-electron chi connectivity index (χ2n) is 6.33.